The van der Waals surface area contributed by atoms with Crippen LogP contribution >= 0.6 is 11.6 Å². The Morgan fingerprint density at radius 3 is 2.35 bits per heavy atom. The predicted molar refractivity (Wildman–Crippen MR) is 87.3 cm³/mol. The van der Waals surface area contributed by atoms with E-state index in [0.29, 0.717) is 17.5 Å². The Bertz CT molecular complexity index is 435. The monoisotopic (exact) mass is 294 g/mol. The molecule has 0 aliphatic carbocycles. The van der Waals surface area contributed by atoms with Gasteiger partial charge in [-0.3, -0.25) is 4.90 Å². The van der Waals surface area contributed by atoms with E-state index in [1.54, 1.807) is 0 Å². The highest BCUT2D eigenvalue weighted by atomic mass is 35.5. The predicted octanol–water partition coefficient (Wildman–Crippen LogP) is 4.11. The molecule has 0 bridgehead atoms. The van der Waals surface area contributed by atoms with Crippen LogP contribution in [0.4, 0.5) is 0 Å². The minimum Gasteiger partial charge on any atom is -0.317 e. The second-order valence-corrected chi connectivity index (χ2v) is 6.77. The second-order valence-electron chi connectivity index (χ2n) is 6.33. The average Bonchev–Trinajstić information content (AvgIpc) is 2.40. The van der Waals surface area contributed by atoms with Crippen molar-refractivity contribution < 1.29 is 0 Å². The van der Waals surface area contributed by atoms with Gasteiger partial charge in [0.05, 0.1) is 0 Å². The lowest BCUT2D eigenvalue weighted by Gasteiger charge is -2.61. The summed E-state index contributed by atoms with van der Waals surface area (Å²) in [7, 11) is 0. The van der Waals surface area contributed by atoms with Gasteiger partial charge in [0.15, 0.2) is 0 Å². The molecule has 1 unspecified atom stereocenters. The zero-order valence-corrected chi connectivity index (χ0v) is 12.6. The highest BCUT2D eigenvalue weighted by Crippen LogP contribution is 2.54. The Kier molecular flexibility index (Phi) is 4.78. The molecule has 0 saturated carbocycles. The van der Waals surface area contributed by atoms with Gasteiger partial charge in [0.2, 0.25) is 0 Å². The molecule has 1 aromatic carbocycles. The fraction of sp³-hybridized carbons (Fsp3) is 0.647. The van der Waals surface area contributed by atoms with E-state index in [2.05, 4.69) is 36.2 Å². The number of nitrogens with one attached hydrogen (secondary N) is 1. The van der Waals surface area contributed by atoms with Gasteiger partial charge in [-0.25, -0.2) is 0 Å². The molecule has 1 spiro atoms. The van der Waals surface area contributed by atoms with Crippen molar-refractivity contribution >= 4 is 11.6 Å². The summed E-state index contributed by atoms with van der Waals surface area (Å²) < 4.78 is 0. The van der Waals surface area contributed by atoms with E-state index < -0.39 is 0 Å². The van der Waals surface area contributed by atoms with Crippen molar-refractivity contribution in [3.63, 3.8) is 0 Å². The number of nitrogens with zero attached hydrogens (tertiary/aromatic N) is 1. The van der Waals surface area contributed by atoms with Gasteiger partial charge in [-0.1, -0.05) is 31.2 Å². The standard InChI is InChI=1S/C16H23ClN2.CH4/c1-12(2)19-11-16(7-9-18-10-8-16)15(19)13-3-5-14(17)6-4-13;/h3-6,12,15,18H,7-11H2,1-2H3;1H4. The number of rotatable bonds is 2. The van der Waals surface area contributed by atoms with Gasteiger partial charge in [0.25, 0.3) is 0 Å². The zero-order valence-electron chi connectivity index (χ0n) is 11.8. The first-order valence-electron chi connectivity index (χ1n) is 7.34. The lowest BCUT2D eigenvalue weighted by Crippen LogP contribution is -2.63. The summed E-state index contributed by atoms with van der Waals surface area (Å²) in [5.74, 6) is 0. The molecule has 2 aliphatic heterocycles. The molecule has 1 atom stereocenters. The third kappa shape index (κ3) is 2.61. The highest BCUT2D eigenvalue weighted by Gasteiger charge is 2.53. The molecule has 2 fully saturated rings. The SMILES string of the molecule is C.CC(C)N1CC2(CCNCC2)C1c1ccc(Cl)cc1. The smallest absolute Gasteiger partial charge is 0.0420 e. The molecule has 112 valence electrons. The number of hydrogen-bond donors (Lipinski definition) is 1. The van der Waals surface area contributed by atoms with Crippen LogP contribution in [0.25, 0.3) is 0 Å². The van der Waals surface area contributed by atoms with Gasteiger partial charge in [-0.05, 0) is 57.5 Å². The highest BCUT2D eigenvalue weighted by molar-refractivity contribution is 6.30. The van der Waals surface area contributed by atoms with E-state index in [1.165, 1.54) is 24.9 Å². The van der Waals surface area contributed by atoms with Crippen LogP contribution in [0, 0.1) is 5.41 Å². The maximum absolute atomic E-state index is 6.03. The number of hydrogen-bond acceptors (Lipinski definition) is 2. The molecule has 3 heteroatoms. The summed E-state index contributed by atoms with van der Waals surface area (Å²) in [4.78, 5) is 2.63. The summed E-state index contributed by atoms with van der Waals surface area (Å²) in [6.07, 6.45) is 2.59. The van der Waals surface area contributed by atoms with Crippen molar-refractivity contribution in [1.29, 1.82) is 0 Å². The zero-order chi connectivity index (χ0) is 13.5. The molecule has 2 nitrogen and oxygen atoms in total. The van der Waals surface area contributed by atoms with E-state index in [0.717, 1.165) is 18.1 Å². The summed E-state index contributed by atoms with van der Waals surface area (Å²) in [6, 6.07) is 9.68. The van der Waals surface area contributed by atoms with Gasteiger partial charge < -0.3 is 5.32 Å². The van der Waals surface area contributed by atoms with Crippen LogP contribution in [0.5, 0.6) is 0 Å². The molecule has 20 heavy (non-hydrogen) atoms. The van der Waals surface area contributed by atoms with Crippen LogP contribution < -0.4 is 5.32 Å². The van der Waals surface area contributed by atoms with Gasteiger partial charge in [-0.15, -0.1) is 0 Å². The Hall–Kier alpha value is -0.570. The Morgan fingerprint density at radius 2 is 1.80 bits per heavy atom. The molecule has 2 saturated heterocycles. The van der Waals surface area contributed by atoms with Crippen LogP contribution in [0.3, 0.4) is 0 Å². The normalized spacial score (nSPS) is 25.3. The number of likely N-dealkylation sites (tertiary alicyclic amines) is 1. The third-order valence-corrected chi connectivity index (χ3v) is 5.11. The van der Waals surface area contributed by atoms with Crippen molar-refractivity contribution in [2.24, 2.45) is 5.41 Å². The number of benzene rings is 1. The number of piperidine rings is 1. The molecule has 1 N–H and O–H groups in total. The van der Waals surface area contributed by atoms with Crippen LogP contribution in [-0.4, -0.2) is 30.6 Å². The molecule has 1 aromatic rings. The van der Waals surface area contributed by atoms with Crippen molar-refractivity contribution in [3.8, 4) is 0 Å². The molecule has 3 rings (SSSR count). The maximum Gasteiger partial charge on any atom is 0.0420 e. The summed E-state index contributed by atoms with van der Waals surface area (Å²) >= 11 is 6.03. The summed E-state index contributed by atoms with van der Waals surface area (Å²) in [5, 5.41) is 4.33. The lowest BCUT2D eigenvalue weighted by molar-refractivity contribution is -0.113. The maximum atomic E-state index is 6.03. The molecular formula is C17H27ClN2. The van der Waals surface area contributed by atoms with Gasteiger partial charge >= 0.3 is 0 Å². The fourth-order valence-electron chi connectivity index (χ4n) is 3.81. The van der Waals surface area contributed by atoms with Crippen LogP contribution in [-0.2, 0) is 0 Å². The molecular weight excluding hydrogens is 268 g/mol. The molecule has 0 amide bonds. The molecule has 2 aliphatic rings. The number of halogens is 1. The Morgan fingerprint density at radius 1 is 1.20 bits per heavy atom. The van der Waals surface area contributed by atoms with Gasteiger partial charge in [0.1, 0.15) is 0 Å². The minimum atomic E-state index is 0. The van der Waals surface area contributed by atoms with E-state index in [1.807, 2.05) is 12.1 Å². The van der Waals surface area contributed by atoms with Crippen molar-refractivity contribution in [2.45, 2.75) is 46.2 Å². The van der Waals surface area contributed by atoms with Gasteiger partial charge in [0, 0.05) is 29.1 Å². The molecule has 0 radical (unpaired) electrons. The van der Waals surface area contributed by atoms with Crippen molar-refractivity contribution in [1.82, 2.24) is 10.2 Å². The summed E-state index contributed by atoms with van der Waals surface area (Å²) in [6.45, 7) is 8.18. The third-order valence-electron chi connectivity index (χ3n) is 4.86. The summed E-state index contributed by atoms with van der Waals surface area (Å²) in [5.41, 5.74) is 1.93. The van der Waals surface area contributed by atoms with E-state index in [-0.39, 0.29) is 7.43 Å². The minimum absolute atomic E-state index is 0. The Labute approximate surface area is 128 Å². The van der Waals surface area contributed by atoms with Gasteiger partial charge in [-0.2, -0.15) is 0 Å². The quantitative estimate of drug-likeness (QED) is 0.883. The molecule has 2 heterocycles. The van der Waals surface area contributed by atoms with E-state index >= 15 is 0 Å². The topological polar surface area (TPSA) is 15.3 Å². The molecule has 0 aromatic heterocycles. The average molecular weight is 295 g/mol. The first-order valence-corrected chi connectivity index (χ1v) is 7.72. The first-order chi connectivity index (χ1) is 9.12. The van der Waals surface area contributed by atoms with E-state index in [4.69, 9.17) is 11.6 Å². The van der Waals surface area contributed by atoms with Crippen LogP contribution in [0.15, 0.2) is 24.3 Å². The van der Waals surface area contributed by atoms with Crippen LogP contribution in [0.2, 0.25) is 5.02 Å². The fourth-order valence-corrected chi connectivity index (χ4v) is 3.93. The van der Waals surface area contributed by atoms with Crippen LogP contribution in [0.1, 0.15) is 45.7 Å². The second kappa shape index (κ2) is 6.05. The van der Waals surface area contributed by atoms with E-state index in [9.17, 15) is 0 Å². The largest absolute Gasteiger partial charge is 0.317 e. The lowest BCUT2D eigenvalue weighted by atomic mass is 9.63. The van der Waals surface area contributed by atoms with Crippen molar-refractivity contribution in [2.75, 3.05) is 19.6 Å². The van der Waals surface area contributed by atoms with Crippen molar-refractivity contribution in [3.05, 3.63) is 34.9 Å². The first kappa shape index (κ1) is 15.8. The Balaban J connectivity index is 0.00000147.